The average molecular weight is 323 g/mol. The number of rotatable bonds is 6. The highest BCUT2D eigenvalue weighted by atomic mass is 79.9. The molecule has 0 aliphatic rings. The Bertz CT molecular complexity index is 486. The van der Waals surface area contributed by atoms with E-state index >= 15 is 0 Å². The zero-order valence-corrected chi connectivity index (χ0v) is 11.2. The zero-order valence-electron chi connectivity index (χ0n) is 8.80. The molecular formula is C9H11BrN2O4S. The van der Waals surface area contributed by atoms with Crippen molar-refractivity contribution in [3.8, 4) is 0 Å². The summed E-state index contributed by atoms with van der Waals surface area (Å²) in [7, 11) is -3.25. The molecule has 17 heavy (non-hydrogen) atoms. The van der Waals surface area contributed by atoms with Crippen molar-refractivity contribution in [3.63, 3.8) is 0 Å². The van der Waals surface area contributed by atoms with Crippen molar-refractivity contribution >= 4 is 31.6 Å². The Morgan fingerprint density at radius 1 is 1.29 bits per heavy atom. The van der Waals surface area contributed by atoms with Gasteiger partial charge in [-0.25, -0.2) is 13.1 Å². The lowest BCUT2D eigenvalue weighted by molar-refractivity contribution is -0.384. The molecule has 0 spiro atoms. The van der Waals surface area contributed by atoms with Crippen LogP contribution in [0.3, 0.4) is 0 Å². The second-order valence-electron chi connectivity index (χ2n) is 3.29. The lowest BCUT2D eigenvalue weighted by Crippen LogP contribution is -2.26. The van der Waals surface area contributed by atoms with Crippen LogP contribution in [-0.4, -0.2) is 24.5 Å². The SMILES string of the molecule is O=[N+]([O-])c1ccc(CCNS(=O)(=O)CBr)cc1. The van der Waals surface area contributed by atoms with Gasteiger partial charge in [0.25, 0.3) is 5.69 Å². The van der Waals surface area contributed by atoms with Crippen LogP contribution in [0.25, 0.3) is 0 Å². The number of nitro benzene ring substituents is 1. The lowest BCUT2D eigenvalue weighted by Gasteiger charge is -2.03. The highest BCUT2D eigenvalue weighted by Gasteiger charge is 2.07. The van der Waals surface area contributed by atoms with E-state index in [0.29, 0.717) is 6.42 Å². The highest BCUT2D eigenvalue weighted by Crippen LogP contribution is 2.11. The zero-order chi connectivity index (χ0) is 12.9. The third-order valence-corrected chi connectivity index (χ3v) is 4.77. The topological polar surface area (TPSA) is 89.3 Å². The van der Waals surface area contributed by atoms with E-state index in [1.807, 2.05) is 0 Å². The van der Waals surface area contributed by atoms with Crippen LogP contribution in [0.1, 0.15) is 5.56 Å². The van der Waals surface area contributed by atoms with Gasteiger partial charge < -0.3 is 0 Å². The molecular weight excluding hydrogens is 312 g/mol. The van der Waals surface area contributed by atoms with E-state index in [2.05, 4.69) is 20.7 Å². The third-order valence-electron chi connectivity index (χ3n) is 2.03. The predicted molar refractivity (Wildman–Crippen MR) is 67.5 cm³/mol. The number of alkyl halides is 1. The number of hydrogen-bond donors (Lipinski definition) is 1. The van der Waals surface area contributed by atoms with Gasteiger partial charge >= 0.3 is 0 Å². The van der Waals surface area contributed by atoms with Crippen molar-refractivity contribution in [1.29, 1.82) is 0 Å². The molecule has 1 N–H and O–H groups in total. The van der Waals surface area contributed by atoms with Crippen LogP contribution in [-0.2, 0) is 16.4 Å². The van der Waals surface area contributed by atoms with Gasteiger partial charge in [0, 0.05) is 18.7 Å². The molecule has 0 bridgehead atoms. The van der Waals surface area contributed by atoms with E-state index in [-0.39, 0.29) is 16.9 Å². The quantitative estimate of drug-likeness (QED) is 0.487. The monoisotopic (exact) mass is 322 g/mol. The predicted octanol–water partition coefficient (Wildman–Crippen LogP) is 1.41. The maximum absolute atomic E-state index is 11.1. The van der Waals surface area contributed by atoms with Crippen molar-refractivity contribution in [2.24, 2.45) is 0 Å². The summed E-state index contributed by atoms with van der Waals surface area (Å²) in [4.78, 5) is 9.93. The van der Waals surface area contributed by atoms with Gasteiger partial charge in [0.2, 0.25) is 10.0 Å². The molecule has 94 valence electrons. The third kappa shape index (κ3) is 4.80. The van der Waals surface area contributed by atoms with Crippen molar-refractivity contribution in [2.75, 3.05) is 11.2 Å². The molecule has 0 atom stereocenters. The number of nitrogens with zero attached hydrogens (tertiary/aromatic N) is 1. The molecule has 0 fully saturated rings. The van der Waals surface area contributed by atoms with Gasteiger partial charge in [0.1, 0.15) is 4.66 Å². The molecule has 1 aromatic carbocycles. The summed E-state index contributed by atoms with van der Waals surface area (Å²) in [6.45, 7) is 0.270. The van der Waals surface area contributed by atoms with Crippen molar-refractivity contribution in [1.82, 2.24) is 4.72 Å². The minimum Gasteiger partial charge on any atom is -0.258 e. The maximum Gasteiger partial charge on any atom is 0.269 e. The Labute approximate surface area is 107 Å². The molecule has 1 rings (SSSR count). The summed E-state index contributed by atoms with van der Waals surface area (Å²) in [6.07, 6.45) is 0.490. The Morgan fingerprint density at radius 3 is 2.35 bits per heavy atom. The van der Waals surface area contributed by atoms with Gasteiger partial charge in [-0.1, -0.05) is 28.1 Å². The maximum atomic E-state index is 11.1. The minimum absolute atomic E-state index is 0.0230. The molecule has 0 saturated heterocycles. The summed E-state index contributed by atoms with van der Waals surface area (Å²) < 4.78 is 24.4. The molecule has 1 aromatic rings. The normalized spacial score (nSPS) is 11.4. The van der Waals surface area contributed by atoms with Crippen molar-refractivity contribution in [2.45, 2.75) is 6.42 Å². The van der Waals surface area contributed by atoms with Gasteiger partial charge in [-0.2, -0.15) is 0 Å². The second kappa shape index (κ2) is 6.08. The van der Waals surface area contributed by atoms with Crippen LogP contribution >= 0.6 is 15.9 Å². The van der Waals surface area contributed by atoms with E-state index in [1.54, 1.807) is 12.1 Å². The molecule has 0 saturated carbocycles. The number of nitrogens with one attached hydrogen (secondary N) is 1. The van der Waals surface area contributed by atoms with E-state index in [0.717, 1.165) is 5.56 Å². The summed E-state index contributed by atoms with van der Waals surface area (Å²) in [6, 6.07) is 6.02. The fraction of sp³-hybridized carbons (Fsp3) is 0.333. The van der Waals surface area contributed by atoms with E-state index < -0.39 is 14.9 Å². The molecule has 0 heterocycles. The number of benzene rings is 1. The number of hydrogen-bond acceptors (Lipinski definition) is 4. The molecule has 0 aromatic heterocycles. The van der Waals surface area contributed by atoms with Gasteiger partial charge in [0.05, 0.1) is 4.92 Å². The van der Waals surface area contributed by atoms with Gasteiger partial charge in [-0.05, 0) is 12.0 Å². The summed E-state index contributed by atoms with van der Waals surface area (Å²) in [5, 5.41) is 10.4. The fourth-order valence-electron chi connectivity index (χ4n) is 1.17. The smallest absolute Gasteiger partial charge is 0.258 e. The Kier molecular flexibility index (Phi) is 5.03. The second-order valence-corrected chi connectivity index (χ2v) is 6.40. The van der Waals surface area contributed by atoms with Crippen molar-refractivity contribution in [3.05, 3.63) is 39.9 Å². The van der Waals surface area contributed by atoms with Gasteiger partial charge in [-0.3, -0.25) is 10.1 Å². The Balaban J connectivity index is 2.51. The van der Waals surface area contributed by atoms with Crippen LogP contribution in [0.2, 0.25) is 0 Å². The van der Waals surface area contributed by atoms with E-state index in [4.69, 9.17) is 0 Å². The number of nitro groups is 1. The summed E-state index contributed by atoms with van der Waals surface area (Å²) in [5.41, 5.74) is 0.864. The van der Waals surface area contributed by atoms with Crippen LogP contribution in [0, 0.1) is 10.1 Å². The number of sulfonamides is 1. The Morgan fingerprint density at radius 2 is 1.88 bits per heavy atom. The number of non-ortho nitro benzene ring substituents is 1. The standard InChI is InChI=1S/C9H11BrN2O4S/c10-7-17(15,16)11-6-5-8-1-3-9(4-2-8)12(13)14/h1-4,11H,5-7H2. The molecule has 0 amide bonds. The lowest BCUT2D eigenvalue weighted by atomic mass is 10.1. The molecule has 0 aliphatic carbocycles. The van der Waals surface area contributed by atoms with E-state index in [1.165, 1.54) is 12.1 Å². The summed E-state index contributed by atoms with van der Waals surface area (Å²) in [5.74, 6) is 0. The number of halogens is 1. The first-order valence-electron chi connectivity index (χ1n) is 4.71. The summed E-state index contributed by atoms with van der Waals surface area (Å²) >= 11 is 2.86. The van der Waals surface area contributed by atoms with Crippen LogP contribution in [0.5, 0.6) is 0 Å². The molecule has 0 unspecified atom stereocenters. The molecule has 0 aliphatic heterocycles. The van der Waals surface area contributed by atoms with Gasteiger partial charge in [0.15, 0.2) is 0 Å². The van der Waals surface area contributed by atoms with Crippen molar-refractivity contribution < 1.29 is 13.3 Å². The van der Waals surface area contributed by atoms with Gasteiger partial charge in [-0.15, -0.1) is 0 Å². The first kappa shape index (κ1) is 14.1. The van der Waals surface area contributed by atoms with Crippen LogP contribution in [0.15, 0.2) is 24.3 Å². The molecule has 8 heteroatoms. The van der Waals surface area contributed by atoms with Crippen LogP contribution in [0.4, 0.5) is 5.69 Å². The van der Waals surface area contributed by atoms with E-state index in [9.17, 15) is 18.5 Å². The Hall–Kier alpha value is -0.990. The first-order chi connectivity index (χ1) is 7.94. The van der Waals surface area contributed by atoms with Crippen LogP contribution < -0.4 is 4.72 Å². The average Bonchev–Trinajstić information content (AvgIpc) is 2.29. The first-order valence-corrected chi connectivity index (χ1v) is 7.48. The highest BCUT2D eigenvalue weighted by molar-refractivity contribution is 9.10. The minimum atomic E-state index is -3.25. The molecule has 0 radical (unpaired) electrons. The molecule has 6 nitrogen and oxygen atoms in total. The fourth-order valence-corrected chi connectivity index (χ4v) is 2.15. The largest absolute Gasteiger partial charge is 0.269 e.